The van der Waals surface area contributed by atoms with Crippen molar-refractivity contribution in [3.63, 3.8) is 0 Å². The third-order valence-electron chi connectivity index (χ3n) is 3.76. The Hall–Kier alpha value is -2.15. The van der Waals surface area contributed by atoms with E-state index < -0.39 is 24.2 Å². The second kappa shape index (κ2) is 7.92. The molecular weight excluding hydrogens is 305 g/mol. The summed E-state index contributed by atoms with van der Waals surface area (Å²) in [5, 5.41) is 20.5. The average Bonchev–Trinajstić information content (AvgIpc) is 2.46. The van der Waals surface area contributed by atoms with Gasteiger partial charge < -0.3 is 20.3 Å². The van der Waals surface area contributed by atoms with Gasteiger partial charge in [0.15, 0.2) is 0 Å². The molecule has 1 saturated carbocycles. The van der Waals surface area contributed by atoms with Crippen molar-refractivity contribution in [1.82, 2.24) is 5.32 Å². The summed E-state index contributed by atoms with van der Waals surface area (Å²) in [6.07, 6.45) is -0.157. The molecule has 0 heterocycles. The second-order valence-electron chi connectivity index (χ2n) is 5.66. The van der Waals surface area contributed by atoms with Crippen LogP contribution in [-0.2, 0) is 16.1 Å². The Labute approximate surface area is 133 Å². The molecule has 3 N–H and O–H groups in total. The van der Waals surface area contributed by atoms with Gasteiger partial charge in [0.25, 0.3) is 0 Å². The van der Waals surface area contributed by atoms with Crippen LogP contribution >= 0.6 is 0 Å². The lowest BCUT2D eigenvalue weighted by molar-refractivity contribution is -0.140. The summed E-state index contributed by atoms with van der Waals surface area (Å²) in [7, 11) is 0. The van der Waals surface area contributed by atoms with E-state index in [9.17, 15) is 14.0 Å². The number of ether oxygens (including phenoxy) is 1. The standard InChI is InChI=1S/C16H20FNO5/c17-11-7-13(8-11)23-12-3-1-10(2-4-12)9-18-14(16(21)22)5-6-15(19)20/h1-4,11,13-14,18H,5-9H2,(H,19,20)(H,21,22)/t11-,13+,14-/m0/s1. The van der Waals surface area contributed by atoms with Gasteiger partial charge in [0, 0.05) is 25.8 Å². The van der Waals surface area contributed by atoms with E-state index in [-0.39, 0.29) is 18.9 Å². The molecule has 2 rings (SSSR count). The van der Waals surface area contributed by atoms with Gasteiger partial charge in [-0.3, -0.25) is 9.59 Å². The van der Waals surface area contributed by atoms with Crippen LogP contribution in [0.5, 0.6) is 5.75 Å². The highest BCUT2D eigenvalue weighted by Crippen LogP contribution is 2.28. The molecule has 0 radical (unpaired) electrons. The molecule has 126 valence electrons. The van der Waals surface area contributed by atoms with E-state index in [4.69, 9.17) is 14.9 Å². The average molecular weight is 325 g/mol. The summed E-state index contributed by atoms with van der Waals surface area (Å²) in [5.41, 5.74) is 0.857. The van der Waals surface area contributed by atoms with Crippen LogP contribution in [-0.4, -0.2) is 40.5 Å². The van der Waals surface area contributed by atoms with Crippen LogP contribution in [0.2, 0.25) is 0 Å². The van der Waals surface area contributed by atoms with Crippen LogP contribution in [0.25, 0.3) is 0 Å². The normalized spacial score (nSPS) is 21.3. The molecule has 0 aliphatic heterocycles. The van der Waals surface area contributed by atoms with Gasteiger partial charge in [0.05, 0.1) is 0 Å². The Balaban J connectivity index is 1.79. The maximum Gasteiger partial charge on any atom is 0.320 e. The molecule has 0 aromatic heterocycles. The first-order chi connectivity index (χ1) is 10.9. The van der Waals surface area contributed by atoms with Crippen molar-refractivity contribution in [1.29, 1.82) is 0 Å². The van der Waals surface area contributed by atoms with Crippen LogP contribution in [0.15, 0.2) is 24.3 Å². The van der Waals surface area contributed by atoms with Crippen molar-refractivity contribution in [3.8, 4) is 5.75 Å². The first-order valence-electron chi connectivity index (χ1n) is 7.51. The fourth-order valence-corrected chi connectivity index (χ4v) is 2.30. The summed E-state index contributed by atoms with van der Waals surface area (Å²) in [6.45, 7) is 0.312. The molecule has 6 nitrogen and oxygen atoms in total. The lowest BCUT2D eigenvalue weighted by Crippen LogP contribution is -2.36. The molecule has 23 heavy (non-hydrogen) atoms. The minimum Gasteiger partial charge on any atom is -0.490 e. The number of halogens is 1. The van der Waals surface area contributed by atoms with Crippen molar-refractivity contribution < 1.29 is 28.9 Å². The van der Waals surface area contributed by atoms with Crippen molar-refractivity contribution in [2.75, 3.05) is 0 Å². The molecule has 0 unspecified atom stereocenters. The highest BCUT2D eigenvalue weighted by molar-refractivity contribution is 5.75. The molecule has 1 aromatic rings. The van der Waals surface area contributed by atoms with Gasteiger partial charge >= 0.3 is 11.9 Å². The first kappa shape index (κ1) is 17.2. The van der Waals surface area contributed by atoms with Gasteiger partial charge in [-0.05, 0) is 24.1 Å². The lowest BCUT2D eigenvalue weighted by atomic mass is 9.93. The van der Waals surface area contributed by atoms with Crippen LogP contribution in [0, 0.1) is 0 Å². The van der Waals surface area contributed by atoms with E-state index in [1.165, 1.54) is 0 Å². The molecule has 1 aromatic carbocycles. The highest BCUT2D eigenvalue weighted by atomic mass is 19.1. The number of aliphatic carboxylic acids is 2. The molecule has 7 heteroatoms. The van der Waals surface area contributed by atoms with E-state index in [1.54, 1.807) is 24.3 Å². The van der Waals surface area contributed by atoms with Gasteiger partial charge in [-0.15, -0.1) is 0 Å². The van der Waals surface area contributed by atoms with Gasteiger partial charge in [-0.1, -0.05) is 12.1 Å². The molecule has 1 aliphatic rings. The highest BCUT2D eigenvalue weighted by Gasteiger charge is 2.30. The van der Waals surface area contributed by atoms with Gasteiger partial charge in [0.2, 0.25) is 0 Å². The van der Waals surface area contributed by atoms with Crippen molar-refractivity contribution >= 4 is 11.9 Å². The van der Waals surface area contributed by atoms with Gasteiger partial charge in [0.1, 0.15) is 24.1 Å². The van der Waals surface area contributed by atoms with Crippen LogP contribution in [0.1, 0.15) is 31.2 Å². The SMILES string of the molecule is O=C(O)CC[C@H](NCc1ccc(O[C@H]2C[C@@H](F)C2)cc1)C(=O)O. The number of hydrogen-bond donors (Lipinski definition) is 3. The number of carboxylic acid groups (broad SMARTS) is 2. The fraction of sp³-hybridized carbons (Fsp3) is 0.500. The molecular formula is C16H20FNO5. The Kier molecular flexibility index (Phi) is 5.92. The zero-order valence-electron chi connectivity index (χ0n) is 12.6. The summed E-state index contributed by atoms with van der Waals surface area (Å²) >= 11 is 0. The van der Waals surface area contributed by atoms with E-state index >= 15 is 0 Å². The maximum absolute atomic E-state index is 12.7. The third-order valence-corrected chi connectivity index (χ3v) is 3.76. The molecule has 0 spiro atoms. The third kappa shape index (κ3) is 5.52. The van der Waals surface area contributed by atoms with E-state index in [0.717, 1.165) is 5.56 Å². The van der Waals surface area contributed by atoms with Crippen molar-refractivity contribution in [2.24, 2.45) is 0 Å². The van der Waals surface area contributed by atoms with E-state index in [2.05, 4.69) is 5.32 Å². The maximum atomic E-state index is 12.7. The monoisotopic (exact) mass is 325 g/mol. The van der Waals surface area contributed by atoms with Crippen LogP contribution < -0.4 is 10.1 Å². The summed E-state index contributed by atoms with van der Waals surface area (Å²) in [4.78, 5) is 21.6. The van der Waals surface area contributed by atoms with E-state index in [1.807, 2.05) is 0 Å². The van der Waals surface area contributed by atoms with Crippen LogP contribution in [0.3, 0.4) is 0 Å². The number of nitrogens with one attached hydrogen (secondary N) is 1. The number of alkyl halides is 1. The molecule has 1 aliphatic carbocycles. The summed E-state index contributed by atoms with van der Waals surface area (Å²) in [5.74, 6) is -1.44. The summed E-state index contributed by atoms with van der Waals surface area (Å²) < 4.78 is 18.3. The zero-order chi connectivity index (χ0) is 16.8. The van der Waals surface area contributed by atoms with Crippen molar-refractivity contribution in [2.45, 2.75) is 50.5 Å². The van der Waals surface area contributed by atoms with Crippen LogP contribution in [0.4, 0.5) is 4.39 Å². The largest absolute Gasteiger partial charge is 0.490 e. The molecule has 0 bridgehead atoms. The fourth-order valence-electron chi connectivity index (χ4n) is 2.30. The van der Waals surface area contributed by atoms with Gasteiger partial charge in [-0.25, -0.2) is 4.39 Å². The Bertz CT molecular complexity index is 542. The predicted octanol–water partition coefficient (Wildman–Crippen LogP) is 1.97. The Morgan fingerprint density at radius 2 is 1.91 bits per heavy atom. The number of hydrogen-bond acceptors (Lipinski definition) is 4. The predicted molar refractivity (Wildman–Crippen MR) is 80.1 cm³/mol. The molecule has 1 fully saturated rings. The Morgan fingerprint density at radius 3 is 2.43 bits per heavy atom. The second-order valence-corrected chi connectivity index (χ2v) is 5.66. The minimum atomic E-state index is -1.07. The molecule has 1 atom stereocenters. The number of carboxylic acids is 2. The molecule has 0 amide bonds. The topological polar surface area (TPSA) is 95.9 Å². The van der Waals surface area contributed by atoms with Gasteiger partial charge in [-0.2, -0.15) is 0 Å². The minimum absolute atomic E-state index is 0.0257. The van der Waals surface area contributed by atoms with Crippen molar-refractivity contribution in [3.05, 3.63) is 29.8 Å². The lowest BCUT2D eigenvalue weighted by Gasteiger charge is -2.30. The summed E-state index contributed by atoms with van der Waals surface area (Å²) in [6, 6.07) is 6.21. The zero-order valence-corrected chi connectivity index (χ0v) is 12.6. The number of rotatable bonds is 9. The quantitative estimate of drug-likeness (QED) is 0.642. The number of benzene rings is 1. The molecule has 0 saturated heterocycles. The number of carbonyl (C=O) groups is 2. The first-order valence-corrected chi connectivity index (χ1v) is 7.51. The van der Waals surface area contributed by atoms with E-state index in [0.29, 0.717) is 25.1 Å². The smallest absolute Gasteiger partial charge is 0.320 e. The Morgan fingerprint density at radius 1 is 1.26 bits per heavy atom.